The maximum atomic E-state index is 2.63. The zero-order valence-electron chi connectivity index (χ0n) is 32.4. The average molecular weight is 819 g/mol. The molecule has 0 spiro atoms. The second kappa shape index (κ2) is 10.8. The van der Waals surface area contributed by atoms with Crippen molar-refractivity contribution < 1.29 is 0 Å². The number of rotatable bonds is 0. The molecule has 274 valence electrons. The molecule has 5 heteroatoms. The van der Waals surface area contributed by atoms with Crippen molar-refractivity contribution in [1.29, 1.82) is 0 Å². The number of benzene rings is 9. The van der Waals surface area contributed by atoms with Crippen LogP contribution in [0.2, 0.25) is 0 Å². The third-order valence-corrected chi connectivity index (χ3v) is 18.2. The van der Waals surface area contributed by atoms with Crippen molar-refractivity contribution >= 4 is 171 Å². The Morgan fingerprint density at radius 1 is 0.356 bits per heavy atom. The molecule has 4 aromatic heterocycles. The van der Waals surface area contributed by atoms with Gasteiger partial charge >= 0.3 is 0 Å². The molecule has 9 aromatic carbocycles. The lowest BCUT2D eigenvalue weighted by atomic mass is 9.30. The first kappa shape index (κ1) is 32.3. The van der Waals surface area contributed by atoms with E-state index < -0.39 is 0 Å². The van der Waals surface area contributed by atoms with Gasteiger partial charge in [-0.1, -0.05) is 122 Å². The average Bonchev–Trinajstić information content (AvgIpc) is 4.01. The van der Waals surface area contributed by atoms with E-state index in [4.69, 9.17) is 0 Å². The van der Waals surface area contributed by atoms with Gasteiger partial charge in [0.2, 0.25) is 6.71 Å². The van der Waals surface area contributed by atoms with Gasteiger partial charge in [-0.3, -0.25) is 0 Å². The predicted molar refractivity (Wildman–Crippen MR) is 267 cm³/mol. The van der Waals surface area contributed by atoms with Crippen LogP contribution in [0.15, 0.2) is 133 Å². The van der Waals surface area contributed by atoms with Gasteiger partial charge in [0.05, 0.1) is 0 Å². The molecule has 0 nitrogen and oxygen atoms in total. The minimum atomic E-state index is -0.0595. The SMILES string of the molecule is CC(C)(C)c1cc2c3c(c1)-c1c4c(cc5sc6ccccc6c5c4cc4sc5ccccc5c14)B3c1cc3sc4ccccc4c3c3cc4sc5ccccc5c4c-2c13. The predicted octanol–water partition coefficient (Wildman–Crippen LogP) is 15.2. The van der Waals surface area contributed by atoms with Gasteiger partial charge in [0.25, 0.3) is 0 Å². The standard InChI is InChI=1S/C54H31BS4/c1-54(2,3)26-20-33-51-47-31(22-41-49(51)29-14-6-10-18-39(29)56-41)45-27-12-4-8-16-37(27)58-43(45)24-35(47)55-36-25-44-46(28-13-5-9-17-38(28)59-44)32-23-42-50(30-15-7-11-19-40(30)57-42)52(48(32)36)34(21-26)53(33)55/h4-25H,1-3H3. The molecule has 0 aliphatic carbocycles. The van der Waals surface area contributed by atoms with Crippen molar-refractivity contribution in [3.05, 3.63) is 139 Å². The van der Waals surface area contributed by atoms with Gasteiger partial charge in [-0.15, -0.1) is 45.3 Å². The molecule has 0 N–H and O–H groups in total. The fraction of sp³-hybridized carbons (Fsp3) is 0.0741. The van der Waals surface area contributed by atoms with E-state index in [1.165, 1.54) is 146 Å². The molecule has 0 bridgehead atoms. The summed E-state index contributed by atoms with van der Waals surface area (Å²) >= 11 is 7.85. The Bertz CT molecular complexity index is 3870. The molecule has 0 atom stereocenters. The van der Waals surface area contributed by atoms with Crippen LogP contribution in [-0.4, -0.2) is 6.71 Å². The Morgan fingerprint density at radius 2 is 0.712 bits per heavy atom. The lowest BCUT2D eigenvalue weighted by Gasteiger charge is -2.37. The summed E-state index contributed by atoms with van der Waals surface area (Å²) in [5.41, 5.74) is 11.5. The van der Waals surface area contributed by atoms with E-state index >= 15 is 0 Å². The van der Waals surface area contributed by atoms with Gasteiger partial charge in [0, 0.05) is 80.7 Å². The third-order valence-electron chi connectivity index (χ3n) is 13.8. The molecule has 2 aliphatic rings. The molecule has 13 aromatic rings. The normalized spacial score (nSPS) is 13.6. The number of thiophene rings is 4. The quantitative estimate of drug-likeness (QED) is 0.134. The molecular weight excluding hydrogens is 788 g/mol. The summed E-state index contributed by atoms with van der Waals surface area (Å²) in [6, 6.07) is 52.1. The maximum Gasteiger partial charge on any atom is 0.244 e. The first-order chi connectivity index (χ1) is 28.9. The number of fused-ring (bicyclic) bond motifs is 20. The summed E-state index contributed by atoms with van der Waals surface area (Å²) in [5.74, 6) is 0. The van der Waals surface area contributed by atoms with Gasteiger partial charge in [-0.25, -0.2) is 0 Å². The number of hydrogen-bond acceptors (Lipinski definition) is 4. The Labute approximate surface area is 355 Å². The minimum absolute atomic E-state index is 0.0595. The molecule has 15 rings (SSSR count). The van der Waals surface area contributed by atoms with Gasteiger partial charge in [0.15, 0.2) is 0 Å². The van der Waals surface area contributed by atoms with Crippen LogP contribution >= 0.6 is 45.3 Å². The summed E-state index contributed by atoms with van der Waals surface area (Å²) in [6.45, 7) is 7.30. The highest BCUT2D eigenvalue weighted by Crippen LogP contribution is 2.54. The zero-order valence-corrected chi connectivity index (χ0v) is 35.7. The molecule has 0 saturated carbocycles. The molecule has 59 heavy (non-hydrogen) atoms. The summed E-state index contributed by atoms with van der Waals surface area (Å²) in [5, 5.41) is 16.8. The number of hydrogen-bond donors (Lipinski definition) is 0. The van der Waals surface area contributed by atoms with Gasteiger partial charge < -0.3 is 0 Å². The van der Waals surface area contributed by atoms with Gasteiger partial charge in [-0.2, -0.15) is 0 Å². The van der Waals surface area contributed by atoms with Crippen LogP contribution in [0.1, 0.15) is 26.3 Å². The van der Waals surface area contributed by atoms with Crippen LogP contribution in [0.25, 0.3) is 124 Å². The van der Waals surface area contributed by atoms with E-state index in [1.54, 1.807) is 0 Å². The van der Waals surface area contributed by atoms with Gasteiger partial charge in [0.1, 0.15) is 0 Å². The van der Waals surface area contributed by atoms with Crippen LogP contribution in [0.3, 0.4) is 0 Å². The highest BCUT2D eigenvalue weighted by molar-refractivity contribution is 7.28. The van der Waals surface area contributed by atoms with E-state index in [0.29, 0.717) is 0 Å². The van der Waals surface area contributed by atoms with E-state index in [0.717, 1.165) is 0 Å². The molecule has 0 unspecified atom stereocenters. The lowest BCUT2D eigenvalue weighted by molar-refractivity contribution is 0.591. The second-order valence-corrected chi connectivity index (χ2v) is 22.2. The molecule has 0 radical (unpaired) electrons. The first-order valence-electron chi connectivity index (χ1n) is 20.5. The molecular formula is C54H31BS4. The Hall–Kier alpha value is -5.56. The highest BCUT2D eigenvalue weighted by atomic mass is 32.1. The van der Waals surface area contributed by atoms with Crippen molar-refractivity contribution in [2.45, 2.75) is 26.2 Å². The maximum absolute atomic E-state index is 2.63. The fourth-order valence-electron chi connectivity index (χ4n) is 11.4. The highest BCUT2D eigenvalue weighted by Gasteiger charge is 2.42. The summed E-state index contributed by atoms with van der Waals surface area (Å²) in [7, 11) is 0. The Balaban J connectivity index is 1.26. The van der Waals surface area contributed by atoms with Crippen LogP contribution in [-0.2, 0) is 5.41 Å². The topological polar surface area (TPSA) is 0 Å². The largest absolute Gasteiger partial charge is 0.244 e. The summed E-state index contributed by atoms with van der Waals surface area (Å²) in [4.78, 5) is 0. The van der Waals surface area contributed by atoms with Crippen molar-refractivity contribution in [2.75, 3.05) is 0 Å². The van der Waals surface area contributed by atoms with E-state index in [9.17, 15) is 0 Å². The monoisotopic (exact) mass is 818 g/mol. The van der Waals surface area contributed by atoms with E-state index in [2.05, 4.69) is 154 Å². The second-order valence-electron chi connectivity index (χ2n) is 17.8. The Morgan fingerprint density at radius 3 is 1.10 bits per heavy atom. The van der Waals surface area contributed by atoms with Crippen LogP contribution in [0.4, 0.5) is 0 Å². The fourth-order valence-corrected chi connectivity index (χ4v) is 16.0. The van der Waals surface area contributed by atoms with Gasteiger partial charge in [-0.05, 0) is 103 Å². The molecule has 0 saturated heterocycles. The smallest absolute Gasteiger partial charge is 0.135 e. The van der Waals surface area contributed by atoms with Crippen molar-refractivity contribution in [3.63, 3.8) is 0 Å². The van der Waals surface area contributed by atoms with Crippen molar-refractivity contribution in [1.82, 2.24) is 0 Å². The van der Waals surface area contributed by atoms with E-state index in [-0.39, 0.29) is 12.1 Å². The molecule has 6 heterocycles. The molecule has 2 aliphatic heterocycles. The van der Waals surface area contributed by atoms with Crippen LogP contribution in [0.5, 0.6) is 0 Å². The third kappa shape index (κ3) is 3.92. The van der Waals surface area contributed by atoms with Crippen LogP contribution in [0, 0.1) is 0 Å². The lowest BCUT2D eigenvalue weighted by Crippen LogP contribution is -2.57. The van der Waals surface area contributed by atoms with Crippen molar-refractivity contribution in [2.24, 2.45) is 0 Å². The van der Waals surface area contributed by atoms with E-state index in [1.807, 2.05) is 45.3 Å². The van der Waals surface area contributed by atoms with Crippen LogP contribution < -0.4 is 16.4 Å². The zero-order chi connectivity index (χ0) is 38.6. The van der Waals surface area contributed by atoms with Crippen molar-refractivity contribution in [3.8, 4) is 22.3 Å². The molecule has 0 fully saturated rings. The Kier molecular flexibility index (Phi) is 5.91. The summed E-state index contributed by atoms with van der Waals surface area (Å²) < 4.78 is 11.0. The minimum Gasteiger partial charge on any atom is -0.135 e. The first-order valence-corrected chi connectivity index (χ1v) is 23.8. The summed E-state index contributed by atoms with van der Waals surface area (Å²) in [6.07, 6.45) is 0. The molecule has 0 amide bonds.